The third-order valence-corrected chi connectivity index (χ3v) is 5.86. The van der Waals surface area contributed by atoms with Crippen LogP contribution in [-0.4, -0.2) is 13.7 Å². The first kappa shape index (κ1) is 13.7. The quantitative estimate of drug-likeness (QED) is 0.835. The molecule has 3 N–H and O–H groups in total. The van der Waals surface area contributed by atoms with Gasteiger partial charge in [-0.15, -0.1) is 0 Å². The number of aryl methyl sites for hydroxylation is 1. The number of nitrogens with one attached hydrogen (secondary N) is 1. The topological polar surface area (TPSA) is 72.2 Å². The lowest BCUT2D eigenvalue weighted by Crippen LogP contribution is -2.25. The van der Waals surface area contributed by atoms with E-state index in [9.17, 15) is 8.42 Å². The molecule has 0 saturated heterocycles. The summed E-state index contributed by atoms with van der Waals surface area (Å²) in [5.41, 5.74) is 7.83. The van der Waals surface area contributed by atoms with Crippen molar-refractivity contribution in [2.24, 2.45) is 0 Å². The van der Waals surface area contributed by atoms with Crippen LogP contribution in [0.3, 0.4) is 0 Å². The Morgan fingerprint density at radius 1 is 1.33 bits per heavy atom. The largest absolute Gasteiger partial charge is 0.398 e. The number of halogens is 1. The molecule has 1 saturated carbocycles. The van der Waals surface area contributed by atoms with Crippen LogP contribution in [0, 0.1) is 6.92 Å². The number of nitrogen functional groups attached to an aromatic ring is 1. The van der Waals surface area contributed by atoms with Crippen LogP contribution < -0.4 is 10.5 Å². The summed E-state index contributed by atoms with van der Waals surface area (Å²) >= 11 is 3.36. The number of nitrogens with two attached hydrogens (primary N) is 1. The number of rotatable bonds is 3. The van der Waals surface area contributed by atoms with Crippen molar-refractivity contribution in [3.8, 4) is 0 Å². The van der Waals surface area contributed by atoms with Gasteiger partial charge in [-0.25, -0.2) is 8.42 Å². The zero-order valence-corrected chi connectivity index (χ0v) is 12.6. The summed E-state index contributed by atoms with van der Waals surface area (Å²) in [4.78, 5) is 0. The summed E-state index contributed by atoms with van der Waals surface area (Å²) in [6.07, 6.45) is 3.47. The highest BCUT2D eigenvalue weighted by Gasteiger charge is 2.29. The van der Waals surface area contributed by atoms with Crippen molar-refractivity contribution in [1.82, 2.24) is 0 Å². The first-order valence-electron chi connectivity index (χ1n) is 5.97. The van der Waals surface area contributed by atoms with Gasteiger partial charge in [0.05, 0.1) is 10.9 Å². The standard InChI is InChI=1S/C12H17BrN2O2S/c1-8-6-10(13)12(7-11(8)14)15-18(16,17)9-4-2-3-5-9/h6-7,9,15H,2-5,14H2,1H3. The van der Waals surface area contributed by atoms with Gasteiger partial charge in [-0.1, -0.05) is 12.8 Å². The van der Waals surface area contributed by atoms with E-state index < -0.39 is 10.0 Å². The normalized spacial score (nSPS) is 17.0. The van der Waals surface area contributed by atoms with Crippen LogP contribution in [0.25, 0.3) is 0 Å². The lowest BCUT2D eigenvalue weighted by Gasteiger charge is -2.15. The van der Waals surface area contributed by atoms with Crippen molar-refractivity contribution in [2.75, 3.05) is 10.5 Å². The molecule has 0 aromatic heterocycles. The Labute approximate surface area is 116 Å². The highest BCUT2D eigenvalue weighted by molar-refractivity contribution is 9.10. The molecule has 0 amide bonds. The minimum atomic E-state index is -3.30. The maximum absolute atomic E-state index is 12.2. The lowest BCUT2D eigenvalue weighted by atomic mass is 10.2. The van der Waals surface area contributed by atoms with Crippen LogP contribution in [0.5, 0.6) is 0 Å². The smallest absolute Gasteiger partial charge is 0.235 e. The predicted molar refractivity (Wildman–Crippen MR) is 78.1 cm³/mol. The van der Waals surface area contributed by atoms with Crippen LogP contribution in [0.2, 0.25) is 0 Å². The van der Waals surface area contributed by atoms with Gasteiger partial charge in [-0.05, 0) is 53.4 Å². The predicted octanol–water partition coefficient (Wildman–Crippen LogP) is 3.02. The molecule has 0 unspecified atom stereocenters. The second kappa shape index (κ2) is 5.09. The van der Waals surface area contributed by atoms with Gasteiger partial charge in [0.1, 0.15) is 0 Å². The molecule has 0 heterocycles. The first-order valence-corrected chi connectivity index (χ1v) is 8.31. The molecule has 2 rings (SSSR count). The third-order valence-electron chi connectivity index (χ3n) is 3.35. The SMILES string of the molecule is Cc1cc(Br)c(NS(=O)(=O)C2CCCC2)cc1N. The molecule has 0 bridgehead atoms. The molecule has 1 aliphatic rings. The molecule has 0 radical (unpaired) electrons. The van der Waals surface area contributed by atoms with Gasteiger partial charge in [0, 0.05) is 10.2 Å². The van der Waals surface area contributed by atoms with Gasteiger partial charge in [-0.2, -0.15) is 0 Å². The highest BCUT2D eigenvalue weighted by Crippen LogP contribution is 2.31. The minimum Gasteiger partial charge on any atom is -0.398 e. The molecule has 100 valence electrons. The zero-order valence-electron chi connectivity index (χ0n) is 10.2. The number of hydrogen-bond donors (Lipinski definition) is 2. The van der Waals surface area contributed by atoms with Crippen LogP contribution in [0.1, 0.15) is 31.2 Å². The van der Waals surface area contributed by atoms with E-state index in [1.807, 2.05) is 13.0 Å². The van der Waals surface area contributed by atoms with Crippen molar-refractivity contribution in [3.05, 3.63) is 22.2 Å². The summed E-state index contributed by atoms with van der Waals surface area (Å²) in [5, 5.41) is -0.271. The second-order valence-electron chi connectivity index (χ2n) is 4.74. The van der Waals surface area contributed by atoms with E-state index in [4.69, 9.17) is 5.73 Å². The molecule has 18 heavy (non-hydrogen) atoms. The van der Waals surface area contributed by atoms with E-state index in [1.54, 1.807) is 6.07 Å². The Hall–Kier alpha value is -0.750. The van der Waals surface area contributed by atoms with Crippen LogP contribution >= 0.6 is 15.9 Å². The number of hydrogen-bond acceptors (Lipinski definition) is 3. The van der Waals surface area contributed by atoms with Gasteiger partial charge >= 0.3 is 0 Å². The van der Waals surface area contributed by atoms with Crippen molar-refractivity contribution in [3.63, 3.8) is 0 Å². The number of benzene rings is 1. The fraction of sp³-hybridized carbons (Fsp3) is 0.500. The van der Waals surface area contributed by atoms with Crippen molar-refractivity contribution >= 4 is 37.3 Å². The van der Waals surface area contributed by atoms with Crippen molar-refractivity contribution in [1.29, 1.82) is 0 Å². The Balaban J connectivity index is 2.26. The van der Waals surface area contributed by atoms with E-state index in [2.05, 4.69) is 20.7 Å². The molecular formula is C12H17BrN2O2S. The molecule has 1 aliphatic carbocycles. The molecule has 0 spiro atoms. The minimum absolute atomic E-state index is 0.271. The monoisotopic (exact) mass is 332 g/mol. The zero-order chi connectivity index (χ0) is 13.3. The van der Waals surface area contributed by atoms with Crippen LogP contribution in [-0.2, 0) is 10.0 Å². The average Bonchev–Trinajstić information content (AvgIpc) is 2.79. The summed E-state index contributed by atoms with van der Waals surface area (Å²) < 4.78 is 27.7. The van der Waals surface area contributed by atoms with Gasteiger partial charge in [0.2, 0.25) is 10.0 Å². The third kappa shape index (κ3) is 2.80. The number of anilines is 2. The van der Waals surface area contributed by atoms with Gasteiger partial charge in [0.25, 0.3) is 0 Å². The van der Waals surface area contributed by atoms with Crippen LogP contribution in [0.15, 0.2) is 16.6 Å². The first-order chi connectivity index (χ1) is 8.40. The van der Waals surface area contributed by atoms with E-state index >= 15 is 0 Å². The van der Waals surface area contributed by atoms with Crippen molar-refractivity contribution in [2.45, 2.75) is 37.9 Å². The maximum Gasteiger partial charge on any atom is 0.235 e. The molecule has 4 nitrogen and oxygen atoms in total. The summed E-state index contributed by atoms with van der Waals surface area (Å²) in [6, 6.07) is 3.48. The molecule has 0 aliphatic heterocycles. The molecule has 1 aromatic carbocycles. The van der Waals surface area contributed by atoms with E-state index in [1.165, 1.54) is 0 Å². The number of sulfonamides is 1. The Bertz CT molecular complexity index is 551. The fourth-order valence-electron chi connectivity index (χ4n) is 2.20. The molecule has 1 aromatic rings. The highest BCUT2D eigenvalue weighted by atomic mass is 79.9. The Morgan fingerprint density at radius 3 is 2.56 bits per heavy atom. The Kier molecular flexibility index (Phi) is 3.87. The summed E-state index contributed by atoms with van der Waals surface area (Å²) in [7, 11) is -3.30. The fourth-order valence-corrected chi connectivity index (χ4v) is 4.49. The van der Waals surface area contributed by atoms with E-state index in [-0.39, 0.29) is 5.25 Å². The van der Waals surface area contributed by atoms with Crippen LogP contribution in [0.4, 0.5) is 11.4 Å². The van der Waals surface area contributed by atoms with Gasteiger partial charge < -0.3 is 5.73 Å². The molecule has 0 atom stereocenters. The summed E-state index contributed by atoms with van der Waals surface area (Å²) in [6.45, 7) is 1.88. The van der Waals surface area contributed by atoms with Gasteiger partial charge in [-0.3, -0.25) is 4.72 Å². The van der Waals surface area contributed by atoms with Crippen molar-refractivity contribution < 1.29 is 8.42 Å². The molecule has 6 heteroatoms. The maximum atomic E-state index is 12.2. The van der Waals surface area contributed by atoms with Gasteiger partial charge in [0.15, 0.2) is 0 Å². The van der Waals surface area contributed by atoms with E-state index in [0.717, 1.165) is 35.7 Å². The van der Waals surface area contributed by atoms with E-state index in [0.29, 0.717) is 11.4 Å². The lowest BCUT2D eigenvalue weighted by molar-refractivity contribution is 0.585. The molecular weight excluding hydrogens is 316 g/mol. The summed E-state index contributed by atoms with van der Waals surface area (Å²) in [5.74, 6) is 0. The Morgan fingerprint density at radius 2 is 1.94 bits per heavy atom. The average molecular weight is 333 g/mol. The molecule has 1 fully saturated rings. The second-order valence-corrected chi connectivity index (χ2v) is 7.56.